The normalized spacial score (nSPS) is 27.8. The lowest BCUT2D eigenvalue weighted by atomic mass is 9.85. The first-order valence-corrected chi connectivity index (χ1v) is 11.4. The van der Waals surface area contributed by atoms with Gasteiger partial charge in [0.25, 0.3) is 0 Å². The molecule has 0 aliphatic carbocycles. The van der Waals surface area contributed by atoms with Crippen molar-refractivity contribution in [2.75, 3.05) is 19.6 Å². The topological polar surface area (TPSA) is 9.72 Å². The van der Waals surface area contributed by atoms with Crippen LogP contribution in [0.1, 0.15) is 51.9 Å². The molecule has 4 aliphatic heterocycles. The quantitative estimate of drug-likeness (QED) is 0.550. The Bertz CT molecular complexity index is 969. The molecule has 3 aromatic rings. The highest BCUT2D eigenvalue weighted by atomic mass is 15.6. The average Bonchev–Trinajstić information content (AvgIpc) is 2.82. The zero-order valence-electron chi connectivity index (χ0n) is 17.2. The van der Waals surface area contributed by atoms with Crippen LogP contribution >= 0.6 is 0 Å². The molecule has 150 valence electrons. The molecule has 0 amide bonds. The molecule has 0 aromatic heterocycles. The van der Waals surface area contributed by atoms with E-state index in [1.54, 1.807) is 0 Å². The van der Waals surface area contributed by atoms with E-state index in [1.807, 2.05) is 0 Å². The zero-order chi connectivity index (χ0) is 19.7. The number of benzene rings is 3. The van der Waals surface area contributed by atoms with Crippen LogP contribution in [0.15, 0.2) is 72.8 Å². The fourth-order valence-electron chi connectivity index (χ4n) is 6.57. The van der Waals surface area contributed by atoms with E-state index < -0.39 is 0 Å². The van der Waals surface area contributed by atoms with Gasteiger partial charge < -0.3 is 0 Å². The Morgan fingerprint density at radius 3 is 1.07 bits per heavy atom. The number of hydrogen-bond donors (Lipinski definition) is 0. The monoisotopic (exact) mass is 393 g/mol. The van der Waals surface area contributed by atoms with Crippen molar-refractivity contribution >= 4 is 0 Å². The van der Waals surface area contributed by atoms with Crippen LogP contribution in [-0.2, 0) is 19.3 Å². The first-order chi connectivity index (χ1) is 14.9. The van der Waals surface area contributed by atoms with Crippen molar-refractivity contribution in [2.24, 2.45) is 0 Å². The van der Waals surface area contributed by atoms with Gasteiger partial charge in [-0.25, -0.2) is 0 Å². The lowest BCUT2D eigenvalue weighted by Gasteiger charge is -2.62. The van der Waals surface area contributed by atoms with Gasteiger partial charge in [0.2, 0.25) is 0 Å². The van der Waals surface area contributed by atoms with E-state index in [4.69, 9.17) is 0 Å². The third-order valence-corrected chi connectivity index (χ3v) is 7.80. The first-order valence-electron chi connectivity index (χ1n) is 11.4. The Hall–Kier alpha value is -2.46. The lowest BCUT2D eigenvalue weighted by molar-refractivity contribution is -0.193. The predicted molar refractivity (Wildman–Crippen MR) is 119 cm³/mol. The third-order valence-electron chi connectivity index (χ3n) is 7.80. The predicted octanol–water partition coefficient (Wildman–Crippen LogP) is 4.67. The zero-order valence-corrected chi connectivity index (χ0v) is 17.2. The Kier molecular flexibility index (Phi) is 3.75. The molecule has 0 radical (unpaired) electrons. The molecule has 3 heteroatoms. The van der Waals surface area contributed by atoms with Gasteiger partial charge in [0.15, 0.2) is 0 Å². The van der Waals surface area contributed by atoms with Crippen molar-refractivity contribution in [1.82, 2.24) is 14.7 Å². The molecular formula is C27H27N3. The van der Waals surface area contributed by atoms with Crippen molar-refractivity contribution in [2.45, 2.75) is 37.8 Å². The second-order valence-electron chi connectivity index (χ2n) is 9.18. The second kappa shape index (κ2) is 6.52. The Morgan fingerprint density at radius 1 is 0.433 bits per heavy atom. The minimum absolute atomic E-state index is 0.362. The maximum atomic E-state index is 2.80. The number of nitrogens with zero attached hydrogens (tertiary/aromatic N) is 3. The summed E-state index contributed by atoms with van der Waals surface area (Å²) in [5.74, 6) is 0. The van der Waals surface area contributed by atoms with Crippen molar-refractivity contribution in [1.29, 1.82) is 0 Å². The molecule has 1 saturated heterocycles. The minimum Gasteiger partial charge on any atom is -0.264 e. The fourth-order valence-corrected chi connectivity index (χ4v) is 6.57. The van der Waals surface area contributed by atoms with Crippen LogP contribution in [-0.4, -0.2) is 34.3 Å². The molecule has 0 bridgehead atoms. The highest BCUT2D eigenvalue weighted by molar-refractivity contribution is 5.41. The molecule has 0 unspecified atom stereocenters. The molecule has 0 saturated carbocycles. The molecule has 4 aliphatic rings. The van der Waals surface area contributed by atoms with Gasteiger partial charge in [-0.2, -0.15) is 0 Å². The van der Waals surface area contributed by atoms with Crippen molar-refractivity contribution in [3.8, 4) is 0 Å². The highest BCUT2D eigenvalue weighted by Crippen LogP contribution is 2.53. The standard InChI is InChI=1S/C27H27N3/c1-4-10-22-19(7-1)13-16-28-25(22)29-17-14-20-8-3-6-12-24(20)27(29)30-18-15-21-9-2-5-11-23(21)26(28)30/h1-12,25-27H,13-18H2. The summed E-state index contributed by atoms with van der Waals surface area (Å²) < 4.78 is 0. The van der Waals surface area contributed by atoms with Crippen LogP contribution in [0.2, 0.25) is 0 Å². The summed E-state index contributed by atoms with van der Waals surface area (Å²) in [4.78, 5) is 8.39. The van der Waals surface area contributed by atoms with E-state index in [1.165, 1.54) is 33.4 Å². The molecule has 4 heterocycles. The smallest absolute Gasteiger partial charge is 0.0919 e. The largest absolute Gasteiger partial charge is 0.264 e. The highest BCUT2D eigenvalue weighted by Gasteiger charge is 2.51. The van der Waals surface area contributed by atoms with E-state index in [0.717, 1.165) is 38.9 Å². The van der Waals surface area contributed by atoms with E-state index in [-0.39, 0.29) is 0 Å². The van der Waals surface area contributed by atoms with Gasteiger partial charge in [0.1, 0.15) is 0 Å². The lowest BCUT2D eigenvalue weighted by Crippen LogP contribution is -2.63. The summed E-state index contributed by atoms with van der Waals surface area (Å²) in [6.45, 7) is 3.38. The number of fused-ring (bicyclic) bond motifs is 12. The molecule has 3 nitrogen and oxygen atoms in total. The third kappa shape index (κ3) is 2.31. The van der Waals surface area contributed by atoms with Gasteiger partial charge in [-0.3, -0.25) is 14.7 Å². The molecule has 30 heavy (non-hydrogen) atoms. The van der Waals surface area contributed by atoms with Gasteiger partial charge in [-0.1, -0.05) is 72.8 Å². The Balaban J connectivity index is 1.46. The first kappa shape index (κ1) is 17.2. The summed E-state index contributed by atoms with van der Waals surface area (Å²) >= 11 is 0. The maximum Gasteiger partial charge on any atom is 0.0919 e. The molecule has 3 aromatic carbocycles. The molecule has 0 N–H and O–H groups in total. The van der Waals surface area contributed by atoms with Gasteiger partial charge in [-0.15, -0.1) is 0 Å². The van der Waals surface area contributed by atoms with Gasteiger partial charge >= 0.3 is 0 Å². The van der Waals surface area contributed by atoms with Crippen molar-refractivity contribution in [3.63, 3.8) is 0 Å². The van der Waals surface area contributed by atoms with Crippen LogP contribution in [0.5, 0.6) is 0 Å². The van der Waals surface area contributed by atoms with Gasteiger partial charge in [-0.05, 0) is 52.6 Å². The van der Waals surface area contributed by atoms with Crippen LogP contribution < -0.4 is 0 Å². The average molecular weight is 394 g/mol. The fraction of sp³-hybridized carbons (Fsp3) is 0.333. The summed E-state index contributed by atoms with van der Waals surface area (Å²) in [5.41, 5.74) is 9.18. The summed E-state index contributed by atoms with van der Waals surface area (Å²) in [5, 5.41) is 0. The summed E-state index contributed by atoms with van der Waals surface area (Å²) in [6.07, 6.45) is 4.53. The van der Waals surface area contributed by atoms with E-state index in [2.05, 4.69) is 87.5 Å². The molecular weight excluding hydrogens is 366 g/mol. The Morgan fingerprint density at radius 2 is 0.733 bits per heavy atom. The summed E-state index contributed by atoms with van der Waals surface area (Å²) in [6, 6.07) is 27.5. The maximum absolute atomic E-state index is 2.80. The van der Waals surface area contributed by atoms with Crippen LogP contribution in [0, 0.1) is 0 Å². The molecule has 1 fully saturated rings. The van der Waals surface area contributed by atoms with Crippen molar-refractivity contribution < 1.29 is 0 Å². The van der Waals surface area contributed by atoms with Crippen LogP contribution in [0.4, 0.5) is 0 Å². The van der Waals surface area contributed by atoms with E-state index in [9.17, 15) is 0 Å². The summed E-state index contributed by atoms with van der Waals surface area (Å²) in [7, 11) is 0. The number of hydrogen-bond acceptors (Lipinski definition) is 3. The van der Waals surface area contributed by atoms with Crippen LogP contribution in [0.3, 0.4) is 0 Å². The Labute approximate surface area is 178 Å². The SMILES string of the molecule is c1ccc2c(c1)CCN1C2N2CCc3ccccc3C2N2CCc3ccccc3C12. The second-order valence-corrected chi connectivity index (χ2v) is 9.18. The van der Waals surface area contributed by atoms with E-state index >= 15 is 0 Å². The molecule has 0 spiro atoms. The molecule has 0 atom stereocenters. The number of rotatable bonds is 0. The van der Waals surface area contributed by atoms with Crippen molar-refractivity contribution in [3.05, 3.63) is 106 Å². The molecule has 7 rings (SSSR count). The van der Waals surface area contributed by atoms with E-state index in [0.29, 0.717) is 18.5 Å². The van der Waals surface area contributed by atoms with Gasteiger partial charge in [0.05, 0.1) is 18.5 Å². The van der Waals surface area contributed by atoms with Gasteiger partial charge in [0, 0.05) is 19.6 Å². The van der Waals surface area contributed by atoms with Crippen LogP contribution in [0.25, 0.3) is 0 Å². The minimum atomic E-state index is 0.362.